The molecule has 1 heterocycles. The molecule has 7 nitrogen and oxygen atoms in total. The van der Waals surface area contributed by atoms with Gasteiger partial charge in [0, 0.05) is 11.8 Å². The number of nitrogens with one attached hydrogen (secondary N) is 2. The number of hydrogen-bond acceptors (Lipinski definition) is 6. The first kappa shape index (κ1) is 20.1. The molecule has 0 saturated carbocycles. The van der Waals surface area contributed by atoms with Crippen LogP contribution in [0.2, 0.25) is 0 Å². The quantitative estimate of drug-likeness (QED) is 0.569. The number of benzene rings is 2. The van der Waals surface area contributed by atoms with Crippen LogP contribution in [0.25, 0.3) is 0 Å². The van der Waals surface area contributed by atoms with Crippen LogP contribution in [0.1, 0.15) is 21.9 Å². The van der Waals surface area contributed by atoms with Crippen molar-refractivity contribution in [3.63, 3.8) is 0 Å². The summed E-state index contributed by atoms with van der Waals surface area (Å²) in [6.45, 7) is 4.47. The largest absolute Gasteiger partial charge is 0.497 e. The summed E-state index contributed by atoms with van der Waals surface area (Å²) in [5.74, 6) is 2.29. The van der Waals surface area contributed by atoms with E-state index in [1.807, 2.05) is 55.5 Å². The molecule has 2 aromatic carbocycles. The van der Waals surface area contributed by atoms with E-state index in [-0.39, 0.29) is 5.91 Å². The van der Waals surface area contributed by atoms with Gasteiger partial charge >= 0.3 is 0 Å². The van der Waals surface area contributed by atoms with Crippen LogP contribution in [0, 0.1) is 13.8 Å². The van der Waals surface area contributed by atoms with Crippen LogP contribution in [0.15, 0.2) is 54.6 Å². The fourth-order valence-corrected chi connectivity index (χ4v) is 2.71. The van der Waals surface area contributed by atoms with Crippen LogP contribution in [-0.4, -0.2) is 36.1 Å². The topological polar surface area (TPSA) is 85.4 Å². The molecular formula is C22H24N4O3. The Bertz CT molecular complexity index is 974. The lowest BCUT2D eigenvalue weighted by Crippen LogP contribution is -2.29. The standard InChI is InChI=1S/C22H24N4O3/c1-15-5-4-6-17(13-15)26-21-14-20(24-16(2)25-21)22(27)23-11-12-29-19-9-7-18(28-3)8-10-19/h4-10,13-14H,11-12H2,1-3H3,(H,23,27)(H,24,25,26). The number of ether oxygens (including phenoxy) is 2. The number of nitrogens with zero attached hydrogens (tertiary/aromatic N) is 2. The third kappa shape index (κ3) is 5.93. The monoisotopic (exact) mass is 392 g/mol. The number of anilines is 2. The number of carbonyl (C=O) groups excluding carboxylic acids is 1. The minimum atomic E-state index is -0.277. The van der Waals surface area contributed by atoms with E-state index in [0.717, 1.165) is 17.0 Å². The lowest BCUT2D eigenvalue weighted by atomic mass is 10.2. The van der Waals surface area contributed by atoms with Crippen molar-refractivity contribution in [1.82, 2.24) is 15.3 Å². The predicted molar refractivity (Wildman–Crippen MR) is 112 cm³/mol. The number of aryl methyl sites for hydroxylation is 2. The Balaban J connectivity index is 1.55. The average Bonchev–Trinajstić information content (AvgIpc) is 2.71. The van der Waals surface area contributed by atoms with E-state index >= 15 is 0 Å². The third-order valence-corrected chi connectivity index (χ3v) is 4.08. The molecule has 3 rings (SSSR count). The molecule has 0 spiro atoms. The summed E-state index contributed by atoms with van der Waals surface area (Å²) in [6.07, 6.45) is 0. The summed E-state index contributed by atoms with van der Waals surface area (Å²) in [5, 5.41) is 6.03. The van der Waals surface area contributed by atoms with Gasteiger partial charge < -0.3 is 20.1 Å². The molecule has 0 radical (unpaired) electrons. The Labute approximate surface area is 170 Å². The highest BCUT2D eigenvalue weighted by Gasteiger charge is 2.10. The summed E-state index contributed by atoms with van der Waals surface area (Å²) in [5.41, 5.74) is 2.34. The molecule has 0 atom stereocenters. The van der Waals surface area contributed by atoms with Crippen molar-refractivity contribution in [1.29, 1.82) is 0 Å². The number of rotatable bonds is 8. The van der Waals surface area contributed by atoms with Gasteiger partial charge in [0.05, 0.1) is 13.7 Å². The van der Waals surface area contributed by atoms with E-state index in [2.05, 4.69) is 20.6 Å². The van der Waals surface area contributed by atoms with Gasteiger partial charge in [-0.05, 0) is 55.8 Å². The van der Waals surface area contributed by atoms with E-state index in [4.69, 9.17) is 9.47 Å². The van der Waals surface area contributed by atoms with Gasteiger partial charge in [-0.2, -0.15) is 0 Å². The molecule has 0 aliphatic carbocycles. The Hall–Kier alpha value is -3.61. The molecule has 0 aliphatic heterocycles. The van der Waals surface area contributed by atoms with Gasteiger partial charge in [-0.25, -0.2) is 9.97 Å². The summed E-state index contributed by atoms with van der Waals surface area (Å²) in [7, 11) is 1.61. The SMILES string of the molecule is COc1ccc(OCCNC(=O)c2cc(Nc3cccc(C)c3)nc(C)n2)cc1. The van der Waals surface area contributed by atoms with Gasteiger partial charge in [0.25, 0.3) is 5.91 Å². The average molecular weight is 392 g/mol. The van der Waals surface area contributed by atoms with Crippen molar-refractivity contribution in [2.24, 2.45) is 0 Å². The minimum Gasteiger partial charge on any atom is -0.497 e. The first-order valence-corrected chi connectivity index (χ1v) is 9.28. The molecule has 2 N–H and O–H groups in total. The van der Waals surface area contributed by atoms with Crippen LogP contribution in [-0.2, 0) is 0 Å². The fraction of sp³-hybridized carbons (Fsp3) is 0.227. The van der Waals surface area contributed by atoms with Crippen molar-refractivity contribution in [2.45, 2.75) is 13.8 Å². The lowest BCUT2D eigenvalue weighted by Gasteiger charge is -2.10. The molecule has 0 unspecified atom stereocenters. The molecule has 0 bridgehead atoms. The van der Waals surface area contributed by atoms with Crippen LogP contribution >= 0.6 is 0 Å². The Morgan fingerprint density at radius 3 is 2.48 bits per heavy atom. The van der Waals surface area contributed by atoms with Crippen molar-refractivity contribution in [2.75, 3.05) is 25.6 Å². The number of amides is 1. The molecule has 0 fully saturated rings. The van der Waals surface area contributed by atoms with Gasteiger partial charge in [0.2, 0.25) is 0 Å². The van der Waals surface area contributed by atoms with Crippen LogP contribution in [0.4, 0.5) is 11.5 Å². The third-order valence-electron chi connectivity index (χ3n) is 4.08. The Kier molecular flexibility index (Phi) is 6.63. The second-order valence-electron chi connectivity index (χ2n) is 6.46. The van der Waals surface area contributed by atoms with E-state index in [0.29, 0.717) is 36.2 Å². The van der Waals surface area contributed by atoms with Gasteiger partial charge in [0.15, 0.2) is 0 Å². The van der Waals surface area contributed by atoms with Gasteiger partial charge in [-0.3, -0.25) is 4.79 Å². The van der Waals surface area contributed by atoms with E-state index in [9.17, 15) is 4.79 Å². The maximum absolute atomic E-state index is 12.4. The van der Waals surface area contributed by atoms with Crippen LogP contribution in [0.5, 0.6) is 11.5 Å². The van der Waals surface area contributed by atoms with Crippen LogP contribution < -0.4 is 20.1 Å². The summed E-state index contributed by atoms with van der Waals surface area (Å²) in [4.78, 5) is 21.0. The van der Waals surface area contributed by atoms with Gasteiger partial charge in [0.1, 0.15) is 35.4 Å². The molecule has 7 heteroatoms. The number of carbonyl (C=O) groups is 1. The highest BCUT2D eigenvalue weighted by molar-refractivity contribution is 5.93. The molecule has 3 aromatic rings. The van der Waals surface area contributed by atoms with Crippen LogP contribution in [0.3, 0.4) is 0 Å². The second kappa shape index (κ2) is 9.54. The number of aromatic nitrogens is 2. The number of methoxy groups -OCH3 is 1. The van der Waals surface area contributed by atoms with Gasteiger partial charge in [-0.1, -0.05) is 12.1 Å². The van der Waals surface area contributed by atoms with Crippen molar-refractivity contribution < 1.29 is 14.3 Å². The van der Waals surface area contributed by atoms with Crippen molar-refractivity contribution in [3.8, 4) is 11.5 Å². The number of hydrogen-bond donors (Lipinski definition) is 2. The van der Waals surface area contributed by atoms with E-state index < -0.39 is 0 Å². The minimum absolute atomic E-state index is 0.277. The maximum Gasteiger partial charge on any atom is 0.270 e. The zero-order valence-electron chi connectivity index (χ0n) is 16.7. The highest BCUT2D eigenvalue weighted by Crippen LogP contribution is 2.18. The molecule has 0 saturated heterocycles. The van der Waals surface area contributed by atoms with E-state index in [1.54, 1.807) is 20.1 Å². The first-order chi connectivity index (χ1) is 14.0. The normalized spacial score (nSPS) is 10.3. The van der Waals surface area contributed by atoms with Crippen molar-refractivity contribution >= 4 is 17.4 Å². The highest BCUT2D eigenvalue weighted by atomic mass is 16.5. The summed E-state index contributed by atoms with van der Waals surface area (Å²) >= 11 is 0. The van der Waals surface area contributed by atoms with E-state index in [1.165, 1.54) is 0 Å². The van der Waals surface area contributed by atoms with Gasteiger partial charge in [-0.15, -0.1) is 0 Å². The maximum atomic E-state index is 12.4. The molecule has 1 aromatic heterocycles. The second-order valence-corrected chi connectivity index (χ2v) is 6.46. The molecular weight excluding hydrogens is 368 g/mol. The lowest BCUT2D eigenvalue weighted by molar-refractivity contribution is 0.0941. The van der Waals surface area contributed by atoms with Crippen molar-refractivity contribution in [3.05, 3.63) is 71.7 Å². The fourth-order valence-electron chi connectivity index (χ4n) is 2.71. The predicted octanol–water partition coefficient (Wildman–Crippen LogP) is 3.65. The first-order valence-electron chi connectivity index (χ1n) is 9.28. The molecule has 29 heavy (non-hydrogen) atoms. The molecule has 1 amide bonds. The zero-order chi connectivity index (χ0) is 20.6. The Morgan fingerprint density at radius 1 is 1.00 bits per heavy atom. The smallest absolute Gasteiger partial charge is 0.270 e. The summed E-state index contributed by atoms with van der Waals surface area (Å²) < 4.78 is 10.7. The molecule has 0 aliphatic rings. The Morgan fingerprint density at radius 2 is 1.76 bits per heavy atom. The summed E-state index contributed by atoms with van der Waals surface area (Å²) in [6, 6.07) is 16.8. The molecule has 150 valence electrons. The zero-order valence-corrected chi connectivity index (χ0v) is 16.7.